The van der Waals surface area contributed by atoms with Crippen molar-refractivity contribution in [2.24, 2.45) is 0 Å². The maximum absolute atomic E-state index is 12.3. The molecular formula is C16H20N6O3. The second-order valence-electron chi connectivity index (χ2n) is 5.99. The predicted octanol–water partition coefficient (Wildman–Crippen LogP) is 0.699. The Kier molecular flexibility index (Phi) is 5.11. The van der Waals surface area contributed by atoms with E-state index in [2.05, 4.69) is 21.5 Å². The van der Waals surface area contributed by atoms with E-state index in [9.17, 15) is 10.1 Å². The molecule has 132 valence electrons. The Morgan fingerprint density at radius 2 is 2.36 bits per heavy atom. The lowest BCUT2D eigenvalue weighted by atomic mass is 10.2. The van der Waals surface area contributed by atoms with Crippen LogP contribution in [0, 0.1) is 25.2 Å². The molecule has 2 aromatic heterocycles. The minimum Gasteiger partial charge on any atom is -0.444 e. The number of ether oxygens (including phenoxy) is 1. The normalized spacial score (nSPS) is 18.0. The third kappa shape index (κ3) is 4.04. The van der Waals surface area contributed by atoms with Gasteiger partial charge in [0.2, 0.25) is 11.8 Å². The van der Waals surface area contributed by atoms with E-state index in [0.29, 0.717) is 37.6 Å². The highest BCUT2D eigenvalue weighted by atomic mass is 16.5. The molecule has 25 heavy (non-hydrogen) atoms. The number of anilines is 1. The third-order valence-electron chi connectivity index (χ3n) is 4.20. The number of morpholine rings is 1. The number of aromatic nitrogens is 3. The van der Waals surface area contributed by atoms with Crippen molar-refractivity contribution in [2.75, 3.05) is 31.6 Å². The largest absolute Gasteiger partial charge is 0.444 e. The van der Waals surface area contributed by atoms with Crippen molar-refractivity contribution in [3.05, 3.63) is 29.5 Å². The van der Waals surface area contributed by atoms with Crippen LogP contribution in [-0.2, 0) is 16.1 Å². The van der Waals surface area contributed by atoms with Gasteiger partial charge in [0, 0.05) is 18.7 Å². The van der Waals surface area contributed by atoms with E-state index in [1.54, 1.807) is 24.9 Å². The lowest BCUT2D eigenvalue weighted by molar-refractivity contribution is -0.119. The summed E-state index contributed by atoms with van der Waals surface area (Å²) in [7, 11) is 0. The Balaban J connectivity index is 1.56. The van der Waals surface area contributed by atoms with Gasteiger partial charge in [-0.3, -0.25) is 19.7 Å². The highest BCUT2D eigenvalue weighted by molar-refractivity contribution is 5.92. The molecule has 1 atom stereocenters. The number of furan rings is 1. The first-order chi connectivity index (χ1) is 12.1. The number of hydrogen-bond acceptors (Lipinski definition) is 7. The van der Waals surface area contributed by atoms with Gasteiger partial charge < -0.3 is 9.15 Å². The molecule has 1 aliphatic rings. The van der Waals surface area contributed by atoms with Crippen molar-refractivity contribution in [3.63, 3.8) is 0 Å². The summed E-state index contributed by atoms with van der Waals surface area (Å²) >= 11 is 0. The molecule has 1 amide bonds. The molecule has 0 saturated carbocycles. The van der Waals surface area contributed by atoms with E-state index in [-0.39, 0.29) is 24.4 Å². The third-order valence-corrected chi connectivity index (χ3v) is 4.20. The quantitative estimate of drug-likeness (QED) is 0.850. The number of aryl methyl sites for hydroxylation is 1. The van der Waals surface area contributed by atoms with Gasteiger partial charge in [-0.25, -0.2) is 4.98 Å². The van der Waals surface area contributed by atoms with Crippen LogP contribution < -0.4 is 5.32 Å². The van der Waals surface area contributed by atoms with Crippen molar-refractivity contribution in [1.82, 2.24) is 19.7 Å². The zero-order valence-corrected chi connectivity index (χ0v) is 14.2. The van der Waals surface area contributed by atoms with Gasteiger partial charge in [0.25, 0.3) is 0 Å². The van der Waals surface area contributed by atoms with E-state index in [0.717, 1.165) is 5.56 Å². The molecule has 9 heteroatoms. The lowest BCUT2D eigenvalue weighted by Gasteiger charge is -2.32. The van der Waals surface area contributed by atoms with Gasteiger partial charge in [0.05, 0.1) is 25.8 Å². The number of nitriles is 1. The Bertz CT molecular complexity index is 777. The highest BCUT2D eigenvalue weighted by Crippen LogP contribution is 2.25. The molecule has 2 aromatic rings. The van der Waals surface area contributed by atoms with Gasteiger partial charge in [0.1, 0.15) is 30.0 Å². The molecule has 0 bridgehead atoms. The zero-order chi connectivity index (χ0) is 17.8. The highest BCUT2D eigenvalue weighted by Gasteiger charge is 2.24. The molecule has 9 nitrogen and oxygen atoms in total. The van der Waals surface area contributed by atoms with E-state index in [1.807, 2.05) is 4.90 Å². The first kappa shape index (κ1) is 17.1. The fourth-order valence-electron chi connectivity index (χ4n) is 2.79. The van der Waals surface area contributed by atoms with Crippen LogP contribution in [0.15, 0.2) is 17.1 Å². The van der Waals surface area contributed by atoms with Gasteiger partial charge >= 0.3 is 0 Å². The predicted molar refractivity (Wildman–Crippen MR) is 87.7 cm³/mol. The molecule has 1 fully saturated rings. The van der Waals surface area contributed by atoms with Crippen molar-refractivity contribution in [2.45, 2.75) is 26.5 Å². The first-order valence-corrected chi connectivity index (χ1v) is 8.03. The number of carbonyl (C=O) groups excluding carboxylic acids is 1. The Hall–Kier alpha value is -2.70. The average Bonchev–Trinajstić information content (AvgIpc) is 3.16. The fourth-order valence-corrected chi connectivity index (χ4v) is 2.79. The van der Waals surface area contributed by atoms with Crippen LogP contribution in [0.2, 0.25) is 0 Å². The van der Waals surface area contributed by atoms with Gasteiger partial charge in [-0.2, -0.15) is 10.4 Å². The number of rotatable bonds is 5. The van der Waals surface area contributed by atoms with Crippen molar-refractivity contribution >= 4 is 11.8 Å². The molecule has 0 aromatic carbocycles. The smallest absolute Gasteiger partial charge is 0.240 e. The molecule has 1 saturated heterocycles. The van der Waals surface area contributed by atoms with Crippen molar-refractivity contribution in [1.29, 1.82) is 5.26 Å². The molecule has 0 radical (unpaired) electrons. The monoisotopic (exact) mass is 344 g/mol. The van der Waals surface area contributed by atoms with Crippen molar-refractivity contribution < 1.29 is 13.9 Å². The Labute approximate surface area is 145 Å². The molecular weight excluding hydrogens is 324 g/mol. The maximum Gasteiger partial charge on any atom is 0.240 e. The van der Waals surface area contributed by atoms with Gasteiger partial charge in [0.15, 0.2) is 0 Å². The Morgan fingerprint density at radius 1 is 1.52 bits per heavy atom. The average molecular weight is 344 g/mol. The van der Waals surface area contributed by atoms with E-state index < -0.39 is 0 Å². The lowest BCUT2D eigenvalue weighted by Crippen LogP contribution is -2.47. The minimum absolute atomic E-state index is 0.0500. The van der Waals surface area contributed by atoms with E-state index >= 15 is 0 Å². The second kappa shape index (κ2) is 7.46. The summed E-state index contributed by atoms with van der Waals surface area (Å²) in [4.78, 5) is 18.2. The Morgan fingerprint density at radius 3 is 3.08 bits per heavy atom. The maximum atomic E-state index is 12.3. The van der Waals surface area contributed by atoms with Gasteiger partial charge in [-0.15, -0.1) is 0 Å². The second-order valence-corrected chi connectivity index (χ2v) is 5.99. The zero-order valence-electron chi connectivity index (χ0n) is 14.2. The van der Waals surface area contributed by atoms with E-state index in [4.69, 9.17) is 9.15 Å². The summed E-state index contributed by atoms with van der Waals surface area (Å²) in [5.41, 5.74) is 1.12. The van der Waals surface area contributed by atoms with Crippen LogP contribution in [0.25, 0.3) is 0 Å². The van der Waals surface area contributed by atoms with E-state index in [1.165, 1.54) is 6.33 Å². The summed E-state index contributed by atoms with van der Waals surface area (Å²) in [6.07, 6.45) is 3.07. The van der Waals surface area contributed by atoms with Gasteiger partial charge in [-0.05, 0) is 13.8 Å². The molecule has 0 unspecified atom stereocenters. The number of nitrogens with one attached hydrogen (secondary N) is 1. The molecule has 3 heterocycles. The van der Waals surface area contributed by atoms with Crippen LogP contribution in [0.4, 0.5) is 5.88 Å². The van der Waals surface area contributed by atoms with Crippen LogP contribution >= 0.6 is 0 Å². The van der Waals surface area contributed by atoms with Crippen LogP contribution in [0.5, 0.6) is 0 Å². The summed E-state index contributed by atoms with van der Waals surface area (Å²) < 4.78 is 12.9. The number of nitrogens with zero attached hydrogens (tertiary/aromatic N) is 5. The van der Waals surface area contributed by atoms with Crippen LogP contribution in [0.3, 0.4) is 0 Å². The van der Waals surface area contributed by atoms with Crippen molar-refractivity contribution in [3.8, 4) is 6.07 Å². The molecule has 0 spiro atoms. The summed E-state index contributed by atoms with van der Waals surface area (Å²) in [5, 5.41) is 16.0. The number of amides is 1. The molecule has 3 rings (SSSR count). The summed E-state index contributed by atoms with van der Waals surface area (Å²) in [6.45, 7) is 6.20. The number of hydrogen-bond donors (Lipinski definition) is 1. The summed E-state index contributed by atoms with van der Waals surface area (Å²) in [6, 6.07) is 2.07. The standard InChI is InChI=1S/C16H20N6O3/c1-11-12(2)25-16(14(11)5-17)20-15(23)8-21-3-4-24-13(6-21)7-22-10-18-9-19-22/h9-10,13H,3-4,6-8H2,1-2H3,(H,20,23)/t13-/m0/s1. The summed E-state index contributed by atoms with van der Waals surface area (Å²) in [5.74, 6) is 0.632. The van der Waals surface area contributed by atoms with Gasteiger partial charge in [-0.1, -0.05) is 0 Å². The molecule has 1 aliphatic heterocycles. The van der Waals surface area contributed by atoms with Crippen LogP contribution in [0.1, 0.15) is 16.9 Å². The number of carbonyl (C=O) groups is 1. The first-order valence-electron chi connectivity index (χ1n) is 8.03. The fraction of sp³-hybridized carbons (Fsp3) is 0.500. The topological polar surface area (TPSA) is 109 Å². The van der Waals surface area contributed by atoms with Crippen LogP contribution in [-0.4, -0.2) is 57.9 Å². The molecule has 0 aliphatic carbocycles. The minimum atomic E-state index is -0.216. The SMILES string of the molecule is Cc1oc(NC(=O)CN2CCO[C@H](Cn3cncn3)C2)c(C#N)c1C. The molecule has 1 N–H and O–H groups in total.